The maximum absolute atomic E-state index is 12.3. The lowest BCUT2D eigenvalue weighted by Gasteiger charge is -2.26. The molecule has 0 spiro atoms. The molecule has 0 aliphatic carbocycles. The first-order valence-electron chi connectivity index (χ1n) is 9.82. The molecule has 2 atom stereocenters. The summed E-state index contributed by atoms with van der Waals surface area (Å²) in [5.74, 6) is 1.29. The third-order valence-electron chi connectivity index (χ3n) is 4.92. The van der Waals surface area contributed by atoms with Crippen molar-refractivity contribution in [3.8, 4) is 0 Å². The molecule has 0 aromatic heterocycles. The molecule has 7 nitrogen and oxygen atoms in total. The van der Waals surface area contributed by atoms with Gasteiger partial charge in [0, 0.05) is 46.6 Å². The number of likely N-dealkylation sites (tertiary alicyclic amines) is 1. The lowest BCUT2D eigenvalue weighted by molar-refractivity contribution is -0.128. The molecule has 1 aliphatic heterocycles. The van der Waals surface area contributed by atoms with E-state index < -0.39 is 0 Å². The van der Waals surface area contributed by atoms with E-state index >= 15 is 0 Å². The number of carbonyl (C=O) groups is 2. The molecule has 1 saturated heterocycles. The van der Waals surface area contributed by atoms with Crippen molar-refractivity contribution >= 4 is 17.8 Å². The smallest absolute Gasteiger partial charge is 0.243 e. The van der Waals surface area contributed by atoms with E-state index in [1.54, 1.807) is 14.1 Å². The van der Waals surface area contributed by atoms with Crippen LogP contribution in [0.25, 0.3) is 0 Å². The minimum Gasteiger partial charge on any atom is -0.356 e. The third kappa shape index (κ3) is 5.97. The second kappa shape index (κ2) is 10.1. The zero-order chi connectivity index (χ0) is 20.7. The van der Waals surface area contributed by atoms with E-state index in [1.807, 2.05) is 30.1 Å². The number of hydrogen-bond acceptors (Lipinski definition) is 3. The van der Waals surface area contributed by atoms with E-state index in [-0.39, 0.29) is 30.3 Å². The molecule has 1 aliphatic rings. The first-order valence-corrected chi connectivity index (χ1v) is 9.82. The Bertz CT molecular complexity index is 687. The first kappa shape index (κ1) is 21.7. The van der Waals surface area contributed by atoms with Crippen LogP contribution in [-0.2, 0) is 9.59 Å². The minimum absolute atomic E-state index is 0.0379. The zero-order valence-electron chi connectivity index (χ0n) is 17.6. The van der Waals surface area contributed by atoms with Gasteiger partial charge < -0.3 is 20.4 Å². The van der Waals surface area contributed by atoms with Crippen molar-refractivity contribution in [2.45, 2.75) is 26.3 Å². The Hall–Kier alpha value is -2.57. The average Bonchev–Trinajstić information content (AvgIpc) is 2.95. The fourth-order valence-electron chi connectivity index (χ4n) is 3.27. The molecular weight excluding hydrogens is 354 g/mol. The summed E-state index contributed by atoms with van der Waals surface area (Å²) in [5, 5.41) is 6.63. The molecule has 2 rings (SSSR count). The zero-order valence-corrected chi connectivity index (χ0v) is 17.6. The standard InChI is InChI=1S/C21H33N5O2/c1-15(2)12-22-21(24-14-19(28)25(3)4)23-13-17-11-18(27)26(5)20(17)16-9-7-6-8-10-16/h6-10,15,17,20H,11-14H2,1-5H3,(H2,22,23,24). The van der Waals surface area contributed by atoms with Crippen LogP contribution in [0.15, 0.2) is 35.3 Å². The third-order valence-corrected chi connectivity index (χ3v) is 4.92. The molecule has 0 saturated carbocycles. The molecule has 2 N–H and O–H groups in total. The van der Waals surface area contributed by atoms with Crippen LogP contribution in [0, 0.1) is 11.8 Å². The van der Waals surface area contributed by atoms with Gasteiger partial charge in [-0.1, -0.05) is 44.2 Å². The Morgan fingerprint density at radius 2 is 1.93 bits per heavy atom. The van der Waals surface area contributed by atoms with Gasteiger partial charge in [0.15, 0.2) is 5.96 Å². The molecule has 7 heteroatoms. The van der Waals surface area contributed by atoms with E-state index in [1.165, 1.54) is 4.90 Å². The monoisotopic (exact) mass is 387 g/mol. The van der Waals surface area contributed by atoms with Crippen molar-refractivity contribution in [2.75, 3.05) is 40.8 Å². The maximum Gasteiger partial charge on any atom is 0.243 e. The van der Waals surface area contributed by atoms with Gasteiger partial charge in [-0.25, -0.2) is 4.99 Å². The summed E-state index contributed by atoms with van der Waals surface area (Å²) in [5.41, 5.74) is 1.14. The quantitative estimate of drug-likeness (QED) is 0.549. The van der Waals surface area contributed by atoms with Gasteiger partial charge in [0.1, 0.15) is 6.54 Å². The van der Waals surface area contributed by atoms with E-state index in [9.17, 15) is 9.59 Å². The number of rotatable bonds is 7. The van der Waals surface area contributed by atoms with Crippen LogP contribution < -0.4 is 10.6 Å². The molecule has 1 aromatic rings. The predicted molar refractivity (Wildman–Crippen MR) is 112 cm³/mol. The van der Waals surface area contributed by atoms with E-state index in [0.29, 0.717) is 24.8 Å². The average molecular weight is 388 g/mol. The molecule has 1 aromatic carbocycles. The van der Waals surface area contributed by atoms with E-state index in [0.717, 1.165) is 12.1 Å². The topological polar surface area (TPSA) is 77.0 Å². The largest absolute Gasteiger partial charge is 0.356 e. The number of carbonyl (C=O) groups excluding carboxylic acids is 2. The van der Waals surface area contributed by atoms with Crippen LogP contribution in [0.2, 0.25) is 0 Å². The predicted octanol–water partition coefficient (Wildman–Crippen LogP) is 1.49. The molecule has 154 valence electrons. The summed E-state index contributed by atoms with van der Waals surface area (Å²) < 4.78 is 0. The van der Waals surface area contributed by atoms with Crippen molar-refractivity contribution in [1.29, 1.82) is 0 Å². The van der Waals surface area contributed by atoms with Crippen LogP contribution in [0.1, 0.15) is 31.9 Å². The Kier molecular flexibility index (Phi) is 7.84. The fraction of sp³-hybridized carbons (Fsp3) is 0.571. The lowest BCUT2D eigenvalue weighted by atomic mass is 9.94. The van der Waals surface area contributed by atoms with Crippen molar-refractivity contribution in [3.05, 3.63) is 35.9 Å². The summed E-state index contributed by atoms with van der Waals surface area (Å²) in [6, 6.07) is 10.1. The molecular formula is C21H33N5O2. The number of nitrogens with one attached hydrogen (secondary N) is 2. The van der Waals surface area contributed by atoms with Gasteiger partial charge in [0.2, 0.25) is 11.8 Å². The Labute approximate surface area is 168 Å². The number of benzene rings is 1. The second-order valence-corrected chi connectivity index (χ2v) is 7.93. The number of amides is 2. The van der Waals surface area contributed by atoms with Crippen LogP contribution in [0.3, 0.4) is 0 Å². The van der Waals surface area contributed by atoms with Crippen molar-refractivity contribution in [1.82, 2.24) is 20.4 Å². The molecule has 0 radical (unpaired) electrons. The van der Waals surface area contributed by atoms with Crippen molar-refractivity contribution < 1.29 is 9.59 Å². The minimum atomic E-state index is -0.0522. The molecule has 0 bridgehead atoms. The van der Waals surface area contributed by atoms with Gasteiger partial charge in [0.05, 0.1) is 6.04 Å². The van der Waals surface area contributed by atoms with E-state index in [2.05, 4.69) is 41.6 Å². The summed E-state index contributed by atoms with van der Waals surface area (Å²) >= 11 is 0. The summed E-state index contributed by atoms with van der Waals surface area (Å²) in [7, 11) is 5.30. The normalized spacial score (nSPS) is 19.9. The maximum atomic E-state index is 12.3. The summed E-state index contributed by atoms with van der Waals surface area (Å²) in [6.07, 6.45) is 0.497. The Morgan fingerprint density at radius 3 is 2.54 bits per heavy atom. The molecule has 1 heterocycles. The van der Waals surface area contributed by atoms with Crippen molar-refractivity contribution in [2.24, 2.45) is 16.8 Å². The molecule has 2 amide bonds. The number of likely N-dealkylation sites (N-methyl/N-ethyl adjacent to an activating group) is 1. The SMILES string of the molecule is CC(C)CNC(=NCC(=O)N(C)C)NCC1CC(=O)N(C)C1c1ccccc1. The molecule has 1 fully saturated rings. The number of guanidine groups is 1. The summed E-state index contributed by atoms with van der Waals surface area (Å²) in [6.45, 7) is 5.69. The highest BCUT2D eigenvalue weighted by molar-refractivity contribution is 5.85. The highest BCUT2D eigenvalue weighted by Gasteiger charge is 2.38. The second-order valence-electron chi connectivity index (χ2n) is 7.93. The van der Waals surface area contributed by atoms with E-state index in [4.69, 9.17) is 0 Å². The van der Waals surface area contributed by atoms with Gasteiger partial charge in [-0.3, -0.25) is 9.59 Å². The van der Waals surface area contributed by atoms with Gasteiger partial charge >= 0.3 is 0 Å². The fourth-order valence-corrected chi connectivity index (χ4v) is 3.27. The van der Waals surface area contributed by atoms with Crippen LogP contribution in [0.5, 0.6) is 0 Å². The Morgan fingerprint density at radius 1 is 1.25 bits per heavy atom. The number of hydrogen-bond donors (Lipinski definition) is 2. The van der Waals surface area contributed by atoms with Gasteiger partial charge in [-0.05, 0) is 11.5 Å². The highest BCUT2D eigenvalue weighted by atomic mass is 16.2. The highest BCUT2D eigenvalue weighted by Crippen LogP contribution is 2.36. The number of nitrogens with zero attached hydrogens (tertiary/aromatic N) is 3. The summed E-state index contributed by atoms with van der Waals surface area (Å²) in [4.78, 5) is 32.0. The number of aliphatic imine (C=N–C) groups is 1. The lowest BCUT2D eigenvalue weighted by Crippen LogP contribution is -2.42. The molecule has 2 unspecified atom stereocenters. The van der Waals surface area contributed by atoms with Crippen LogP contribution in [-0.4, -0.2) is 68.4 Å². The van der Waals surface area contributed by atoms with Gasteiger partial charge in [0.25, 0.3) is 0 Å². The van der Waals surface area contributed by atoms with Gasteiger partial charge in [-0.2, -0.15) is 0 Å². The van der Waals surface area contributed by atoms with Crippen molar-refractivity contribution in [3.63, 3.8) is 0 Å². The first-order chi connectivity index (χ1) is 13.3. The van der Waals surface area contributed by atoms with Crippen LogP contribution in [0.4, 0.5) is 0 Å². The Balaban J connectivity index is 2.07. The molecule has 28 heavy (non-hydrogen) atoms. The van der Waals surface area contributed by atoms with Crippen LogP contribution >= 0.6 is 0 Å². The van der Waals surface area contributed by atoms with Gasteiger partial charge in [-0.15, -0.1) is 0 Å².